The van der Waals surface area contributed by atoms with E-state index in [1.54, 1.807) is 6.92 Å². The van der Waals surface area contributed by atoms with Gasteiger partial charge in [0.05, 0.1) is 11.8 Å². The van der Waals surface area contributed by atoms with Gasteiger partial charge < -0.3 is 0 Å². The highest BCUT2D eigenvalue weighted by molar-refractivity contribution is 5.84. The molecule has 0 fully saturated rings. The molecule has 1 unspecified atom stereocenters. The Hall–Kier alpha value is -1.63. The molecule has 0 bridgehead atoms. The molecule has 86 valence electrons. The summed E-state index contributed by atoms with van der Waals surface area (Å²) in [6, 6.07) is 4.03. The molecule has 0 aliphatic rings. The zero-order valence-electron chi connectivity index (χ0n) is 10.2. The third kappa shape index (κ3) is 2.30. The second-order valence-electron chi connectivity index (χ2n) is 4.27. The Labute approximate surface area is 95.9 Å². The van der Waals surface area contributed by atoms with Crippen LogP contribution in [0.25, 0.3) is 0 Å². The average molecular weight is 219 g/mol. The van der Waals surface area contributed by atoms with Gasteiger partial charge in [-0.05, 0) is 33.8 Å². The van der Waals surface area contributed by atoms with Crippen molar-refractivity contribution in [3.05, 3.63) is 17.5 Å². The van der Waals surface area contributed by atoms with E-state index >= 15 is 0 Å². The second-order valence-corrected chi connectivity index (χ2v) is 4.27. The van der Waals surface area contributed by atoms with Gasteiger partial charge in [0.25, 0.3) is 0 Å². The van der Waals surface area contributed by atoms with Gasteiger partial charge in [-0.25, -0.2) is 0 Å². The van der Waals surface area contributed by atoms with E-state index in [9.17, 15) is 4.79 Å². The van der Waals surface area contributed by atoms with Crippen LogP contribution in [0.4, 0.5) is 0 Å². The molecular weight excluding hydrogens is 202 g/mol. The Kier molecular flexibility index (Phi) is 3.48. The summed E-state index contributed by atoms with van der Waals surface area (Å²) < 4.78 is 1.84. The quantitative estimate of drug-likeness (QED) is 0.776. The fourth-order valence-corrected chi connectivity index (χ4v) is 1.62. The van der Waals surface area contributed by atoms with Gasteiger partial charge in [0.15, 0.2) is 0 Å². The Morgan fingerprint density at radius 3 is 2.75 bits per heavy atom. The number of Topliss-reactive ketones (excluding diaryl/α,β-unsaturated/α-hetero) is 1. The van der Waals surface area contributed by atoms with E-state index < -0.39 is 5.41 Å². The van der Waals surface area contributed by atoms with Crippen LogP contribution in [0.5, 0.6) is 0 Å². The molecule has 0 saturated carbocycles. The molecule has 16 heavy (non-hydrogen) atoms. The summed E-state index contributed by atoms with van der Waals surface area (Å²) in [5.74, 6) is -0.100. The topological polar surface area (TPSA) is 58.7 Å². The van der Waals surface area contributed by atoms with Gasteiger partial charge in [-0.3, -0.25) is 9.48 Å². The molecular formula is C12H17N3O. The predicted molar refractivity (Wildman–Crippen MR) is 60.7 cm³/mol. The lowest BCUT2D eigenvalue weighted by Gasteiger charge is -2.18. The first-order valence-electron chi connectivity index (χ1n) is 5.38. The minimum atomic E-state index is -0.945. The van der Waals surface area contributed by atoms with Crippen molar-refractivity contribution in [3.8, 4) is 6.07 Å². The number of nitrogens with zero attached hydrogens (tertiary/aromatic N) is 3. The lowest BCUT2D eigenvalue weighted by molar-refractivity contribution is -0.123. The van der Waals surface area contributed by atoms with Gasteiger partial charge in [-0.2, -0.15) is 10.4 Å². The molecule has 0 amide bonds. The molecule has 1 heterocycles. The van der Waals surface area contributed by atoms with E-state index in [-0.39, 0.29) is 5.78 Å². The van der Waals surface area contributed by atoms with Crippen LogP contribution >= 0.6 is 0 Å². The van der Waals surface area contributed by atoms with Gasteiger partial charge in [-0.15, -0.1) is 0 Å². The lowest BCUT2D eigenvalue weighted by atomic mass is 9.83. The number of ketones is 1. The molecule has 4 heteroatoms. The van der Waals surface area contributed by atoms with Crippen LogP contribution < -0.4 is 0 Å². The van der Waals surface area contributed by atoms with E-state index in [0.29, 0.717) is 6.42 Å². The molecule has 0 aliphatic heterocycles. The molecule has 1 aromatic rings. The fourth-order valence-electron chi connectivity index (χ4n) is 1.62. The minimum absolute atomic E-state index is 0.100. The third-order valence-corrected chi connectivity index (χ3v) is 2.84. The van der Waals surface area contributed by atoms with Crippen molar-refractivity contribution in [3.63, 3.8) is 0 Å². The Morgan fingerprint density at radius 1 is 1.69 bits per heavy atom. The van der Waals surface area contributed by atoms with Crippen molar-refractivity contribution < 1.29 is 4.79 Å². The van der Waals surface area contributed by atoms with Crippen molar-refractivity contribution in [2.75, 3.05) is 0 Å². The number of hydrogen-bond acceptors (Lipinski definition) is 3. The van der Waals surface area contributed by atoms with E-state index in [1.807, 2.05) is 24.6 Å². The van der Waals surface area contributed by atoms with Gasteiger partial charge in [0.1, 0.15) is 11.2 Å². The predicted octanol–water partition coefficient (Wildman–Crippen LogP) is 1.87. The van der Waals surface area contributed by atoms with Gasteiger partial charge in [0.2, 0.25) is 0 Å². The summed E-state index contributed by atoms with van der Waals surface area (Å²) in [7, 11) is 0. The number of nitriles is 1. The Balaban J connectivity index is 3.04. The van der Waals surface area contributed by atoms with Crippen molar-refractivity contribution in [2.45, 2.75) is 40.7 Å². The van der Waals surface area contributed by atoms with Crippen molar-refractivity contribution in [1.82, 2.24) is 9.78 Å². The molecule has 4 nitrogen and oxygen atoms in total. The van der Waals surface area contributed by atoms with E-state index in [4.69, 9.17) is 5.26 Å². The number of carbonyl (C=O) groups is 1. The number of carbonyl (C=O) groups excluding carboxylic acids is 1. The Bertz CT molecular complexity index is 442. The first kappa shape index (κ1) is 12.4. The van der Waals surface area contributed by atoms with Crippen LogP contribution in [0.2, 0.25) is 0 Å². The first-order chi connectivity index (χ1) is 7.42. The van der Waals surface area contributed by atoms with Crippen LogP contribution in [0.15, 0.2) is 6.07 Å². The smallest absolute Gasteiger partial charge is 0.150 e. The van der Waals surface area contributed by atoms with Crippen LogP contribution in [-0.2, 0) is 17.8 Å². The Morgan fingerprint density at radius 2 is 2.31 bits per heavy atom. The summed E-state index contributed by atoms with van der Waals surface area (Å²) in [6.07, 6.45) is 0.424. The van der Waals surface area contributed by atoms with Gasteiger partial charge >= 0.3 is 0 Å². The molecule has 1 atom stereocenters. The highest BCUT2D eigenvalue weighted by Crippen LogP contribution is 2.23. The minimum Gasteiger partial charge on any atom is -0.298 e. The maximum absolute atomic E-state index is 11.5. The van der Waals surface area contributed by atoms with Crippen LogP contribution in [0.3, 0.4) is 0 Å². The molecule has 0 spiro atoms. The first-order valence-corrected chi connectivity index (χ1v) is 5.38. The number of aryl methyl sites for hydroxylation is 2. The average Bonchev–Trinajstić information content (AvgIpc) is 2.58. The maximum Gasteiger partial charge on any atom is 0.150 e. The molecule has 1 aromatic heterocycles. The maximum atomic E-state index is 11.5. The van der Waals surface area contributed by atoms with E-state index in [0.717, 1.165) is 17.9 Å². The van der Waals surface area contributed by atoms with Crippen LogP contribution in [-0.4, -0.2) is 15.6 Å². The summed E-state index contributed by atoms with van der Waals surface area (Å²) in [5.41, 5.74) is 0.916. The number of aromatic nitrogens is 2. The fraction of sp³-hybridized carbons (Fsp3) is 0.583. The lowest BCUT2D eigenvalue weighted by Crippen LogP contribution is -2.27. The number of rotatable bonds is 4. The molecule has 0 radical (unpaired) electrons. The van der Waals surface area contributed by atoms with E-state index in [1.165, 1.54) is 6.92 Å². The highest BCUT2D eigenvalue weighted by Gasteiger charge is 2.31. The summed E-state index contributed by atoms with van der Waals surface area (Å²) in [5, 5.41) is 13.4. The molecule has 1 rings (SSSR count). The van der Waals surface area contributed by atoms with Crippen LogP contribution in [0, 0.1) is 23.7 Å². The van der Waals surface area contributed by atoms with Crippen LogP contribution in [0.1, 0.15) is 32.2 Å². The second kappa shape index (κ2) is 4.48. The van der Waals surface area contributed by atoms with Crippen molar-refractivity contribution in [1.29, 1.82) is 5.26 Å². The normalized spacial score (nSPS) is 14.2. The molecule has 0 saturated heterocycles. The largest absolute Gasteiger partial charge is 0.298 e. The van der Waals surface area contributed by atoms with Gasteiger partial charge in [-0.1, -0.05) is 0 Å². The summed E-state index contributed by atoms with van der Waals surface area (Å²) in [6.45, 7) is 7.80. The molecule has 0 aliphatic carbocycles. The monoisotopic (exact) mass is 219 g/mol. The molecule has 0 N–H and O–H groups in total. The van der Waals surface area contributed by atoms with Gasteiger partial charge in [0, 0.05) is 18.7 Å². The highest BCUT2D eigenvalue weighted by atomic mass is 16.1. The zero-order chi connectivity index (χ0) is 12.3. The summed E-state index contributed by atoms with van der Waals surface area (Å²) in [4.78, 5) is 11.5. The zero-order valence-corrected chi connectivity index (χ0v) is 10.2. The molecule has 0 aromatic carbocycles. The third-order valence-electron chi connectivity index (χ3n) is 2.84. The van der Waals surface area contributed by atoms with E-state index in [2.05, 4.69) is 11.2 Å². The number of hydrogen-bond donors (Lipinski definition) is 0. The van der Waals surface area contributed by atoms with Crippen molar-refractivity contribution in [2.24, 2.45) is 5.41 Å². The summed E-state index contributed by atoms with van der Waals surface area (Å²) >= 11 is 0. The van der Waals surface area contributed by atoms with Crippen molar-refractivity contribution >= 4 is 5.78 Å². The SMILES string of the molecule is CCn1nc(C)cc1CC(C)(C#N)C(C)=O. The standard InChI is InChI=1S/C12H17N3O/c1-5-15-11(6-9(2)14-15)7-12(4,8-13)10(3)16/h6H,5,7H2,1-4H3.